The number of nitrogens with one attached hydrogen (secondary N) is 1. The van der Waals surface area contributed by atoms with Gasteiger partial charge in [-0.05, 0) is 36.6 Å². The van der Waals surface area contributed by atoms with Gasteiger partial charge in [0.15, 0.2) is 0 Å². The average Bonchev–Trinajstić information content (AvgIpc) is 3.50. The van der Waals surface area contributed by atoms with Crippen molar-refractivity contribution in [1.82, 2.24) is 23.9 Å². The Kier molecular flexibility index (Phi) is 8.73. The van der Waals surface area contributed by atoms with E-state index in [1.54, 1.807) is 50.4 Å². The van der Waals surface area contributed by atoms with Crippen molar-refractivity contribution in [3.05, 3.63) is 97.0 Å². The summed E-state index contributed by atoms with van der Waals surface area (Å²) < 4.78 is 24.1. The van der Waals surface area contributed by atoms with Crippen LogP contribution in [0.5, 0.6) is 5.88 Å². The summed E-state index contributed by atoms with van der Waals surface area (Å²) in [7, 11) is 4.28. The first-order valence-electron chi connectivity index (χ1n) is 15.2. The molecule has 1 N–H and O–H groups in total. The number of carbonyl (C=O) groups excluding carboxylic acids is 2. The number of fused-ring (bicyclic) bond motifs is 1. The highest BCUT2D eigenvalue weighted by atomic mass is 35.5. The Hall–Kier alpha value is -4.81. The fraction of sp³-hybridized carbons (Fsp3) is 0.324. The molecule has 0 radical (unpaired) electrons. The lowest BCUT2D eigenvalue weighted by atomic mass is 9.98. The van der Waals surface area contributed by atoms with Gasteiger partial charge in [0.05, 0.1) is 23.5 Å². The summed E-state index contributed by atoms with van der Waals surface area (Å²) in [5.41, 5.74) is 1.86. The molecule has 0 bridgehead atoms. The molecule has 3 heterocycles. The number of carbonyl (C=O) groups is 2. The van der Waals surface area contributed by atoms with Gasteiger partial charge >= 0.3 is 5.69 Å². The quantitative estimate of drug-likeness (QED) is 0.332. The van der Waals surface area contributed by atoms with E-state index in [9.17, 15) is 19.2 Å². The zero-order chi connectivity index (χ0) is 33.6. The maximum absolute atomic E-state index is 16.4. The molecule has 2 amide bonds. The van der Waals surface area contributed by atoms with E-state index in [0.717, 1.165) is 52.4 Å². The van der Waals surface area contributed by atoms with Gasteiger partial charge < -0.3 is 19.5 Å². The lowest BCUT2D eigenvalue weighted by molar-refractivity contribution is -0.130. The molecule has 1 fully saturated rings. The summed E-state index contributed by atoms with van der Waals surface area (Å²) in [6.45, 7) is 4.45. The maximum atomic E-state index is 16.4. The van der Waals surface area contributed by atoms with Crippen LogP contribution < -0.4 is 21.3 Å². The topological polar surface area (TPSA) is 119 Å². The first kappa shape index (κ1) is 32.1. The van der Waals surface area contributed by atoms with Gasteiger partial charge in [0.25, 0.3) is 11.5 Å². The van der Waals surface area contributed by atoms with E-state index in [4.69, 9.17) is 21.3 Å². The Labute approximate surface area is 275 Å². The highest BCUT2D eigenvalue weighted by Gasteiger charge is 2.35. The summed E-state index contributed by atoms with van der Waals surface area (Å²) >= 11 is 6.73. The molecular weight excluding hydrogens is 627 g/mol. The van der Waals surface area contributed by atoms with Gasteiger partial charge in [-0.2, -0.15) is 0 Å². The smallest absolute Gasteiger partial charge is 0.330 e. The van der Waals surface area contributed by atoms with Gasteiger partial charge in [-0.3, -0.25) is 23.9 Å². The van der Waals surface area contributed by atoms with E-state index >= 15 is 4.39 Å². The molecule has 1 aliphatic heterocycles. The molecule has 1 unspecified atom stereocenters. The average molecular weight is 661 g/mol. The normalized spacial score (nSPS) is 16.2. The SMILES string of the molecule is COc1nc(-c2cccc(-c3cccc(NC(=O)c4cn(C)c(=O)n(C)c4=O)c3Cl)c2F)cc2c1C(N1CCN(C(C)=O)CC1)CC2. The van der Waals surface area contributed by atoms with E-state index in [-0.39, 0.29) is 39.3 Å². The minimum Gasteiger partial charge on any atom is -0.481 e. The molecule has 1 saturated heterocycles. The molecular formula is C34H34ClFN6O5. The van der Waals surface area contributed by atoms with Gasteiger partial charge in [-0.25, -0.2) is 14.2 Å². The van der Waals surface area contributed by atoms with E-state index < -0.39 is 23.0 Å². The summed E-state index contributed by atoms with van der Waals surface area (Å²) in [5, 5.41) is 2.70. The number of ether oxygens (including phenoxy) is 1. The number of pyridine rings is 1. The number of hydrogen-bond acceptors (Lipinski definition) is 7. The lowest BCUT2D eigenvalue weighted by Gasteiger charge is -2.38. The van der Waals surface area contributed by atoms with Crippen LogP contribution in [0.2, 0.25) is 5.02 Å². The van der Waals surface area contributed by atoms with Crippen LogP contribution in [-0.4, -0.2) is 69.0 Å². The fourth-order valence-corrected chi connectivity index (χ4v) is 6.79. The number of piperazine rings is 1. The zero-order valence-corrected chi connectivity index (χ0v) is 27.2. The summed E-state index contributed by atoms with van der Waals surface area (Å²) in [6, 6.07) is 11.8. The molecule has 1 aliphatic carbocycles. The predicted octanol–water partition coefficient (Wildman–Crippen LogP) is 4.02. The first-order chi connectivity index (χ1) is 22.5. The molecule has 47 heavy (non-hydrogen) atoms. The van der Waals surface area contributed by atoms with Crippen molar-refractivity contribution in [2.24, 2.45) is 14.1 Å². The Morgan fingerprint density at radius 2 is 1.70 bits per heavy atom. The standard InChI is InChI=1S/C34H34ClFN6O5/c1-19(43)41-13-15-42(16-14-41)27-12-11-20-17-26(38-32(47-4)28(20)27)23-9-5-8-22(30(23)36)21-7-6-10-25(29(21)35)37-31(44)24-18-39(2)34(46)40(3)33(24)45/h5-10,17-18,27H,11-16H2,1-4H3,(H,37,44). The number of hydrogen-bond donors (Lipinski definition) is 1. The molecule has 244 valence electrons. The molecule has 1 atom stereocenters. The predicted molar refractivity (Wildman–Crippen MR) is 176 cm³/mol. The Balaban J connectivity index is 1.31. The highest BCUT2D eigenvalue weighted by Crippen LogP contribution is 2.44. The van der Waals surface area contributed by atoms with Crippen molar-refractivity contribution in [3.63, 3.8) is 0 Å². The summed E-state index contributed by atoms with van der Waals surface area (Å²) in [4.78, 5) is 58.5. The van der Waals surface area contributed by atoms with Crippen LogP contribution in [-0.2, 0) is 25.3 Å². The van der Waals surface area contributed by atoms with E-state index in [2.05, 4.69) is 10.2 Å². The van der Waals surface area contributed by atoms with Crippen molar-refractivity contribution in [2.75, 3.05) is 38.6 Å². The molecule has 2 aromatic heterocycles. The first-order valence-corrected chi connectivity index (χ1v) is 15.6. The minimum absolute atomic E-state index is 0.0748. The molecule has 11 nitrogen and oxygen atoms in total. The lowest BCUT2D eigenvalue weighted by Crippen LogP contribution is -2.48. The number of nitrogens with zero attached hydrogens (tertiary/aromatic N) is 5. The van der Waals surface area contributed by atoms with Crippen molar-refractivity contribution >= 4 is 29.1 Å². The second-order valence-electron chi connectivity index (χ2n) is 11.8. The number of halogens is 2. The molecule has 4 aromatic rings. The number of anilines is 1. The van der Waals surface area contributed by atoms with Crippen molar-refractivity contribution in [2.45, 2.75) is 25.8 Å². The van der Waals surface area contributed by atoms with Crippen molar-refractivity contribution < 1.29 is 18.7 Å². The Bertz CT molecular complexity index is 2030. The second-order valence-corrected chi connectivity index (χ2v) is 12.2. The molecule has 0 spiro atoms. The number of benzene rings is 2. The van der Waals surface area contributed by atoms with Crippen LogP contribution in [0.25, 0.3) is 22.4 Å². The molecule has 6 rings (SSSR count). The van der Waals surface area contributed by atoms with Crippen LogP contribution in [0.3, 0.4) is 0 Å². The van der Waals surface area contributed by atoms with Gasteiger partial charge in [0.2, 0.25) is 11.8 Å². The van der Waals surface area contributed by atoms with Gasteiger partial charge in [0, 0.05) is 81.7 Å². The number of aromatic nitrogens is 3. The molecule has 13 heteroatoms. The van der Waals surface area contributed by atoms with Gasteiger partial charge in [-0.1, -0.05) is 35.9 Å². The number of amides is 2. The van der Waals surface area contributed by atoms with Gasteiger partial charge in [-0.15, -0.1) is 0 Å². The van der Waals surface area contributed by atoms with Crippen LogP contribution in [0.4, 0.5) is 10.1 Å². The molecule has 2 aliphatic rings. The van der Waals surface area contributed by atoms with E-state index in [1.807, 2.05) is 11.0 Å². The number of methoxy groups -OCH3 is 1. The van der Waals surface area contributed by atoms with Crippen LogP contribution >= 0.6 is 11.6 Å². The van der Waals surface area contributed by atoms with E-state index in [1.165, 1.54) is 14.1 Å². The summed E-state index contributed by atoms with van der Waals surface area (Å²) in [6.07, 6.45) is 2.82. The third-order valence-electron chi connectivity index (χ3n) is 9.03. The van der Waals surface area contributed by atoms with Crippen LogP contribution in [0.15, 0.2) is 58.3 Å². The Morgan fingerprint density at radius 3 is 2.40 bits per heavy atom. The molecule has 0 saturated carbocycles. The third kappa shape index (κ3) is 5.83. The van der Waals surface area contributed by atoms with Crippen molar-refractivity contribution in [1.29, 1.82) is 0 Å². The minimum atomic E-state index is -0.761. The van der Waals surface area contributed by atoms with Crippen LogP contribution in [0, 0.1) is 5.82 Å². The highest BCUT2D eigenvalue weighted by molar-refractivity contribution is 6.36. The van der Waals surface area contributed by atoms with E-state index in [0.29, 0.717) is 30.2 Å². The summed E-state index contributed by atoms with van der Waals surface area (Å²) in [5.74, 6) is -0.779. The molecule has 2 aromatic carbocycles. The van der Waals surface area contributed by atoms with Gasteiger partial charge in [0.1, 0.15) is 11.4 Å². The zero-order valence-electron chi connectivity index (χ0n) is 26.5. The fourth-order valence-electron chi connectivity index (χ4n) is 6.52. The monoisotopic (exact) mass is 660 g/mol. The van der Waals surface area contributed by atoms with Crippen molar-refractivity contribution in [3.8, 4) is 28.3 Å². The Morgan fingerprint density at radius 1 is 1.02 bits per heavy atom. The number of aryl methyl sites for hydroxylation is 2. The maximum Gasteiger partial charge on any atom is 0.330 e. The second kappa shape index (κ2) is 12.8. The third-order valence-corrected chi connectivity index (χ3v) is 9.43. The largest absolute Gasteiger partial charge is 0.481 e. The number of rotatable bonds is 6. The van der Waals surface area contributed by atoms with Crippen LogP contribution in [0.1, 0.15) is 40.9 Å².